The summed E-state index contributed by atoms with van der Waals surface area (Å²) in [6, 6.07) is 1.63. The first-order valence-corrected chi connectivity index (χ1v) is 8.20. The topological polar surface area (TPSA) is 105 Å². The molecule has 0 aliphatic carbocycles. The summed E-state index contributed by atoms with van der Waals surface area (Å²) in [5, 5.41) is 17.8. The number of likely N-dealkylation sites (N-methyl/N-ethyl adjacent to an activating group) is 1. The van der Waals surface area contributed by atoms with Gasteiger partial charge in [-0.3, -0.25) is 9.48 Å². The fourth-order valence-corrected chi connectivity index (χ4v) is 3.70. The van der Waals surface area contributed by atoms with E-state index in [2.05, 4.69) is 10.3 Å². The fourth-order valence-electron chi connectivity index (χ4n) is 3.70. The Labute approximate surface area is 143 Å². The van der Waals surface area contributed by atoms with Gasteiger partial charge in [-0.25, -0.2) is 4.79 Å². The summed E-state index contributed by atoms with van der Waals surface area (Å²) in [4.78, 5) is 27.4. The third kappa shape index (κ3) is 2.46. The summed E-state index contributed by atoms with van der Waals surface area (Å²) >= 11 is 0. The lowest BCUT2D eigenvalue weighted by molar-refractivity contribution is 0.0782. The van der Waals surface area contributed by atoms with Gasteiger partial charge in [0.1, 0.15) is 11.5 Å². The number of aromatic nitrogens is 3. The molecule has 0 bridgehead atoms. The van der Waals surface area contributed by atoms with Crippen LogP contribution >= 0.6 is 0 Å². The minimum atomic E-state index is -0.980. The Hall–Kier alpha value is -2.84. The Morgan fingerprint density at radius 2 is 2.20 bits per heavy atom. The molecule has 0 saturated carbocycles. The maximum absolute atomic E-state index is 12.9. The number of amides is 2. The number of rotatable bonds is 1. The molecule has 0 fully saturated rings. The first-order chi connectivity index (χ1) is 12.0. The molecule has 0 radical (unpaired) electrons. The number of carboxylic acid groups (broad SMARTS) is 1. The molecule has 9 nitrogen and oxygen atoms in total. The molecule has 2 aromatic rings. The van der Waals surface area contributed by atoms with Gasteiger partial charge in [0, 0.05) is 37.7 Å². The van der Waals surface area contributed by atoms with Crippen molar-refractivity contribution < 1.29 is 19.2 Å². The highest BCUT2D eigenvalue weighted by Gasteiger charge is 2.37. The summed E-state index contributed by atoms with van der Waals surface area (Å²) in [5.74, 6) is 0.518. The molecule has 2 aliphatic rings. The number of hydrogen-bond donors (Lipinski definition) is 1. The number of nitrogens with zero attached hydrogens (tertiary/aromatic N) is 5. The van der Waals surface area contributed by atoms with E-state index in [1.165, 1.54) is 4.90 Å². The number of carbonyl (C=O) groups excluding carboxylic acids is 1. The van der Waals surface area contributed by atoms with Crippen LogP contribution in [0, 0.1) is 0 Å². The Morgan fingerprint density at radius 1 is 1.40 bits per heavy atom. The minimum Gasteiger partial charge on any atom is -0.465 e. The monoisotopic (exact) mass is 345 g/mol. The third-order valence-electron chi connectivity index (χ3n) is 5.03. The summed E-state index contributed by atoms with van der Waals surface area (Å²) < 4.78 is 6.99. The van der Waals surface area contributed by atoms with Crippen LogP contribution in [0.3, 0.4) is 0 Å². The number of carbonyl (C=O) groups is 2. The van der Waals surface area contributed by atoms with Crippen molar-refractivity contribution in [3.63, 3.8) is 0 Å². The first kappa shape index (κ1) is 15.7. The van der Waals surface area contributed by atoms with E-state index in [1.807, 2.05) is 6.92 Å². The number of hydrogen-bond acceptors (Lipinski definition) is 5. The normalized spacial score (nSPS) is 23.2. The molecule has 2 aromatic heterocycles. The predicted molar refractivity (Wildman–Crippen MR) is 85.2 cm³/mol. The molecule has 9 heteroatoms. The van der Waals surface area contributed by atoms with Crippen molar-refractivity contribution in [2.45, 2.75) is 38.4 Å². The predicted octanol–water partition coefficient (Wildman–Crippen LogP) is 1.17. The van der Waals surface area contributed by atoms with Gasteiger partial charge >= 0.3 is 6.09 Å². The molecule has 0 aromatic carbocycles. The number of fused-ring (bicyclic) bond motifs is 3. The second-order valence-electron chi connectivity index (χ2n) is 6.72. The Bertz CT molecular complexity index is 828. The average molecular weight is 345 g/mol. The maximum Gasteiger partial charge on any atom is 0.407 e. The smallest absolute Gasteiger partial charge is 0.407 e. The molecule has 0 spiro atoms. The standard InChI is InChI=1S/C16H19N5O4/c1-9-5-12-11(8-20(9)16(23)24)14-15(22)19(2)6-10(7-21(14)18-12)13-3-4-17-25-13/h3-4,9-10H,5-8H2,1-2H3,(H,23,24). The van der Waals surface area contributed by atoms with Gasteiger partial charge in [0.05, 0.1) is 30.9 Å². The van der Waals surface area contributed by atoms with Crippen molar-refractivity contribution in [3.05, 3.63) is 35.0 Å². The van der Waals surface area contributed by atoms with E-state index in [1.54, 1.807) is 28.9 Å². The summed E-state index contributed by atoms with van der Waals surface area (Å²) in [5.41, 5.74) is 2.01. The SMILES string of the molecule is CC1Cc2nn3c(c2CN1C(=O)O)C(=O)N(C)CC(c1ccno1)C3. The molecule has 4 heterocycles. The zero-order valence-electron chi connectivity index (χ0n) is 14.0. The van der Waals surface area contributed by atoms with Gasteiger partial charge in [0.25, 0.3) is 5.91 Å². The molecule has 25 heavy (non-hydrogen) atoms. The van der Waals surface area contributed by atoms with Gasteiger partial charge in [-0.2, -0.15) is 5.10 Å². The highest BCUT2D eigenvalue weighted by Crippen LogP contribution is 2.31. The molecule has 4 rings (SSSR count). The van der Waals surface area contributed by atoms with Crippen molar-refractivity contribution in [3.8, 4) is 0 Å². The van der Waals surface area contributed by atoms with E-state index in [0.29, 0.717) is 31.0 Å². The molecular formula is C16H19N5O4. The lowest BCUT2D eigenvalue weighted by Gasteiger charge is -2.30. The van der Waals surface area contributed by atoms with Gasteiger partial charge in [0.15, 0.2) is 0 Å². The molecular weight excluding hydrogens is 326 g/mol. The minimum absolute atomic E-state index is 0.0490. The zero-order chi connectivity index (χ0) is 17.7. The lowest BCUT2D eigenvalue weighted by Crippen LogP contribution is -2.42. The highest BCUT2D eigenvalue weighted by molar-refractivity contribution is 5.94. The second-order valence-corrected chi connectivity index (χ2v) is 6.72. The van der Waals surface area contributed by atoms with Crippen LogP contribution in [0.5, 0.6) is 0 Å². The third-order valence-corrected chi connectivity index (χ3v) is 5.03. The average Bonchev–Trinajstić information content (AvgIpc) is 3.17. The zero-order valence-corrected chi connectivity index (χ0v) is 14.0. The van der Waals surface area contributed by atoms with E-state index < -0.39 is 6.09 Å². The van der Waals surface area contributed by atoms with Crippen molar-refractivity contribution >= 4 is 12.0 Å². The van der Waals surface area contributed by atoms with Gasteiger partial charge in [-0.1, -0.05) is 5.16 Å². The van der Waals surface area contributed by atoms with Crippen LogP contribution in [-0.2, 0) is 19.5 Å². The molecule has 2 atom stereocenters. The summed E-state index contributed by atoms with van der Waals surface area (Å²) in [6.07, 6.45) is 1.11. The van der Waals surface area contributed by atoms with Crippen LogP contribution in [0.1, 0.15) is 40.3 Å². The quantitative estimate of drug-likeness (QED) is 0.832. The largest absolute Gasteiger partial charge is 0.465 e. The molecule has 1 N–H and O–H groups in total. The maximum atomic E-state index is 12.9. The fraction of sp³-hybridized carbons (Fsp3) is 0.500. The highest BCUT2D eigenvalue weighted by atomic mass is 16.5. The van der Waals surface area contributed by atoms with Crippen LogP contribution in [0.25, 0.3) is 0 Å². The van der Waals surface area contributed by atoms with Crippen molar-refractivity contribution in [1.29, 1.82) is 0 Å². The Balaban J connectivity index is 1.77. The van der Waals surface area contributed by atoms with E-state index in [4.69, 9.17) is 4.52 Å². The van der Waals surface area contributed by atoms with E-state index in [9.17, 15) is 14.7 Å². The molecule has 2 aliphatic heterocycles. The molecule has 0 saturated heterocycles. The first-order valence-electron chi connectivity index (χ1n) is 8.20. The van der Waals surface area contributed by atoms with Crippen molar-refractivity contribution in [1.82, 2.24) is 24.7 Å². The Kier molecular flexibility index (Phi) is 3.52. The molecule has 2 unspecified atom stereocenters. The van der Waals surface area contributed by atoms with Crippen LogP contribution in [0.4, 0.5) is 4.79 Å². The van der Waals surface area contributed by atoms with E-state index >= 15 is 0 Å². The van der Waals surface area contributed by atoms with Gasteiger partial charge in [-0.05, 0) is 6.92 Å². The van der Waals surface area contributed by atoms with Crippen LogP contribution in [-0.4, -0.2) is 61.5 Å². The Morgan fingerprint density at radius 3 is 2.88 bits per heavy atom. The van der Waals surface area contributed by atoms with Gasteiger partial charge in [0.2, 0.25) is 0 Å². The van der Waals surface area contributed by atoms with Gasteiger partial charge < -0.3 is 19.4 Å². The van der Waals surface area contributed by atoms with Gasteiger partial charge in [-0.15, -0.1) is 0 Å². The van der Waals surface area contributed by atoms with Crippen LogP contribution < -0.4 is 0 Å². The van der Waals surface area contributed by atoms with E-state index in [-0.39, 0.29) is 24.4 Å². The molecule has 132 valence electrons. The van der Waals surface area contributed by atoms with E-state index in [0.717, 1.165) is 11.3 Å². The summed E-state index contributed by atoms with van der Waals surface area (Å²) in [6.45, 7) is 3.03. The van der Waals surface area contributed by atoms with Crippen molar-refractivity contribution in [2.24, 2.45) is 0 Å². The second kappa shape index (κ2) is 5.61. The summed E-state index contributed by atoms with van der Waals surface area (Å²) in [7, 11) is 1.74. The molecule has 2 amide bonds. The van der Waals surface area contributed by atoms with Crippen LogP contribution in [0.15, 0.2) is 16.8 Å². The van der Waals surface area contributed by atoms with Crippen molar-refractivity contribution in [2.75, 3.05) is 13.6 Å². The van der Waals surface area contributed by atoms with Crippen LogP contribution in [0.2, 0.25) is 0 Å². The lowest BCUT2D eigenvalue weighted by atomic mass is 10.00.